The fourth-order valence-electron chi connectivity index (χ4n) is 3.22. The van der Waals surface area contributed by atoms with Gasteiger partial charge < -0.3 is 5.32 Å². The van der Waals surface area contributed by atoms with Gasteiger partial charge in [-0.15, -0.1) is 11.3 Å². The van der Waals surface area contributed by atoms with E-state index in [0.717, 1.165) is 12.5 Å². The lowest BCUT2D eigenvalue weighted by Crippen LogP contribution is -2.39. The van der Waals surface area contributed by atoms with Crippen molar-refractivity contribution in [2.45, 2.75) is 39.7 Å². The molecule has 1 aliphatic rings. The Labute approximate surface area is 122 Å². The Kier molecular flexibility index (Phi) is 5.86. The van der Waals surface area contributed by atoms with E-state index in [1.165, 1.54) is 37.4 Å². The normalized spacial score (nSPS) is 19.2. The highest BCUT2D eigenvalue weighted by atomic mass is 32.1. The minimum atomic E-state index is 0.597. The third-order valence-electron chi connectivity index (χ3n) is 4.22. The summed E-state index contributed by atoms with van der Waals surface area (Å²) in [5, 5.41) is 5.68. The number of thiophene rings is 1. The molecule has 2 rings (SSSR count). The Morgan fingerprint density at radius 3 is 2.63 bits per heavy atom. The summed E-state index contributed by atoms with van der Waals surface area (Å²) in [6.45, 7) is 11.8. The largest absolute Gasteiger partial charge is 0.317 e. The van der Waals surface area contributed by atoms with Crippen molar-refractivity contribution >= 4 is 11.3 Å². The zero-order valence-corrected chi connectivity index (χ0v) is 13.4. The quantitative estimate of drug-likeness (QED) is 0.853. The van der Waals surface area contributed by atoms with Crippen LogP contribution in [0.5, 0.6) is 0 Å². The van der Waals surface area contributed by atoms with Crippen molar-refractivity contribution in [2.75, 3.05) is 26.2 Å². The van der Waals surface area contributed by atoms with Crippen molar-refractivity contribution in [3.05, 3.63) is 22.4 Å². The van der Waals surface area contributed by atoms with Gasteiger partial charge in [-0.05, 0) is 55.8 Å². The maximum absolute atomic E-state index is 3.47. The van der Waals surface area contributed by atoms with E-state index in [-0.39, 0.29) is 0 Å². The van der Waals surface area contributed by atoms with E-state index >= 15 is 0 Å². The molecule has 0 spiro atoms. The lowest BCUT2D eigenvalue weighted by Gasteiger charge is -2.36. The second kappa shape index (κ2) is 7.41. The molecule has 0 radical (unpaired) electrons. The molecule has 2 heterocycles. The molecule has 0 amide bonds. The summed E-state index contributed by atoms with van der Waals surface area (Å²) < 4.78 is 0. The Balaban J connectivity index is 2.04. The Morgan fingerprint density at radius 1 is 1.37 bits per heavy atom. The van der Waals surface area contributed by atoms with Crippen LogP contribution in [0.2, 0.25) is 0 Å². The van der Waals surface area contributed by atoms with Crippen LogP contribution in [-0.4, -0.2) is 31.1 Å². The van der Waals surface area contributed by atoms with Crippen molar-refractivity contribution in [3.8, 4) is 0 Å². The number of nitrogens with zero attached hydrogens (tertiary/aromatic N) is 1. The van der Waals surface area contributed by atoms with Gasteiger partial charge in [0.25, 0.3) is 0 Å². The van der Waals surface area contributed by atoms with Gasteiger partial charge in [-0.3, -0.25) is 4.90 Å². The maximum atomic E-state index is 3.47. The minimum absolute atomic E-state index is 0.597. The monoisotopic (exact) mass is 280 g/mol. The zero-order chi connectivity index (χ0) is 13.7. The summed E-state index contributed by atoms with van der Waals surface area (Å²) in [6, 6.07) is 5.09. The summed E-state index contributed by atoms with van der Waals surface area (Å²) in [5.41, 5.74) is 0. The fraction of sp³-hybridized carbons (Fsp3) is 0.750. The molecule has 0 saturated carbocycles. The molecule has 108 valence electrons. The molecule has 1 aromatic heterocycles. The average molecular weight is 280 g/mol. The van der Waals surface area contributed by atoms with Crippen molar-refractivity contribution in [2.24, 2.45) is 11.8 Å². The molecule has 1 N–H and O–H groups in total. The molecule has 0 bridgehead atoms. The van der Waals surface area contributed by atoms with Gasteiger partial charge in [0.2, 0.25) is 0 Å². The molecule has 2 nitrogen and oxygen atoms in total. The first-order valence-corrected chi connectivity index (χ1v) is 8.58. The van der Waals surface area contributed by atoms with E-state index in [4.69, 9.17) is 0 Å². The van der Waals surface area contributed by atoms with E-state index in [1.807, 2.05) is 11.3 Å². The number of rotatable bonds is 6. The van der Waals surface area contributed by atoms with Gasteiger partial charge in [0, 0.05) is 17.5 Å². The lowest BCUT2D eigenvalue weighted by molar-refractivity contribution is 0.129. The predicted octanol–water partition coefficient (Wildman–Crippen LogP) is 3.77. The first kappa shape index (κ1) is 15.0. The molecule has 1 atom stereocenters. The third kappa shape index (κ3) is 4.04. The smallest absolute Gasteiger partial charge is 0.0464 e. The molecule has 1 aromatic rings. The number of hydrogen-bond donors (Lipinski definition) is 1. The van der Waals surface area contributed by atoms with Gasteiger partial charge >= 0.3 is 0 Å². The summed E-state index contributed by atoms with van der Waals surface area (Å²) in [7, 11) is 0. The average Bonchev–Trinajstić information content (AvgIpc) is 2.92. The Morgan fingerprint density at radius 2 is 2.11 bits per heavy atom. The minimum Gasteiger partial charge on any atom is -0.317 e. The van der Waals surface area contributed by atoms with E-state index in [9.17, 15) is 0 Å². The fourth-order valence-corrected chi connectivity index (χ4v) is 4.26. The van der Waals surface area contributed by atoms with Crippen LogP contribution in [0.15, 0.2) is 17.5 Å². The molecule has 1 aliphatic heterocycles. The maximum Gasteiger partial charge on any atom is 0.0464 e. The van der Waals surface area contributed by atoms with Gasteiger partial charge in [-0.1, -0.05) is 26.8 Å². The highest BCUT2D eigenvalue weighted by molar-refractivity contribution is 7.10. The van der Waals surface area contributed by atoms with Crippen LogP contribution < -0.4 is 5.32 Å². The predicted molar refractivity (Wildman–Crippen MR) is 84.7 cm³/mol. The first-order valence-electron chi connectivity index (χ1n) is 7.70. The van der Waals surface area contributed by atoms with Gasteiger partial charge in [0.1, 0.15) is 0 Å². The van der Waals surface area contributed by atoms with E-state index in [2.05, 4.69) is 48.5 Å². The molecule has 1 fully saturated rings. The van der Waals surface area contributed by atoms with E-state index in [0.29, 0.717) is 12.0 Å². The van der Waals surface area contributed by atoms with Gasteiger partial charge in [0.15, 0.2) is 0 Å². The highest BCUT2D eigenvalue weighted by Crippen LogP contribution is 2.32. The third-order valence-corrected chi connectivity index (χ3v) is 5.16. The number of hydrogen-bond acceptors (Lipinski definition) is 3. The summed E-state index contributed by atoms with van der Waals surface area (Å²) in [5.74, 6) is 1.56. The van der Waals surface area contributed by atoms with Crippen LogP contribution >= 0.6 is 11.3 Å². The van der Waals surface area contributed by atoms with Crippen LogP contribution in [0, 0.1) is 11.8 Å². The van der Waals surface area contributed by atoms with Crippen molar-refractivity contribution < 1.29 is 0 Å². The zero-order valence-electron chi connectivity index (χ0n) is 12.6. The lowest BCUT2D eigenvalue weighted by atomic mass is 9.94. The van der Waals surface area contributed by atoms with Crippen LogP contribution in [0.1, 0.15) is 44.5 Å². The standard InChI is InChI=1S/C16H28N2S/c1-4-18(12-14-7-9-17-10-8-14)16(13(2)3)15-6-5-11-19-15/h5-6,11,13-14,16-17H,4,7-10,12H2,1-3H3. The summed E-state index contributed by atoms with van der Waals surface area (Å²) in [4.78, 5) is 4.23. The second-order valence-corrected chi connectivity index (χ2v) is 6.96. The summed E-state index contributed by atoms with van der Waals surface area (Å²) in [6.07, 6.45) is 2.68. The molecule has 19 heavy (non-hydrogen) atoms. The van der Waals surface area contributed by atoms with Crippen molar-refractivity contribution in [1.29, 1.82) is 0 Å². The molecular formula is C16H28N2S. The van der Waals surface area contributed by atoms with E-state index in [1.54, 1.807) is 0 Å². The van der Waals surface area contributed by atoms with Crippen molar-refractivity contribution in [3.63, 3.8) is 0 Å². The number of nitrogens with one attached hydrogen (secondary N) is 1. The van der Waals surface area contributed by atoms with E-state index < -0.39 is 0 Å². The second-order valence-electron chi connectivity index (χ2n) is 5.99. The van der Waals surface area contributed by atoms with Crippen LogP contribution in [-0.2, 0) is 0 Å². The van der Waals surface area contributed by atoms with Gasteiger partial charge in [-0.25, -0.2) is 0 Å². The van der Waals surface area contributed by atoms with Gasteiger partial charge in [-0.2, -0.15) is 0 Å². The van der Waals surface area contributed by atoms with Crippen LogP contribution in [0.25, 0.3) is 0 Å². The highest BCUT2D eigenvalue weighted by Gasteiger charge is 2.26. The molecule has 1 saturated heterocycles. The Hall–Kier alpha value is -0.380. The topological polar surface area (TPSA) is 15.3 Å². The summed E-state index contributed by atoms with van der Waals surface area (Å²) >= 11 is 1.91. The molecule has 0 aliphatic carbocycles. The van der Waals surface area contributed by atoms with Crippen molar-refractivity contribution in [1.82, 2.24) is 10.2 Å². The molecule has 0 aromatic carbocycles. The Bertz CT molecular complexity index is 342. The first-order chi connectivity index (χ1) is 9.22. The van der Waals surface area contributed by atoms with Crippen LogP contribution in [0.3, 0.4) is 0 Å². The molecule has 1 unspecified atom stereocenters. The number of piperidine rings is 1. The van der Waals surface area contributed by atoms with Gasteiger partial charge in [0.05, 0.1) is 0 Å². The molecular weight excluding hydrogens is 252 g/mol. The molecule has 3 heteroatoms. The SMILES string of the molecule is CCN(CC1CCNCC1)C(c1cccs1)C(C)C. The van der Waals surface area contributed by atoms with Crippen LogP contribution in [0.4, 0.5) is 0 Å².